The van der Waals surface area contributed by atoms with Crippen LogP contribution in [0.1, 0.15) is 65.5 Å². The third-order valence-corrected chi connectivity index (χ3v) is 6.86. The zero-order chi connectivity index (χ0) is 23.5. The molecule has 3 unspecified atom stereocenters. The maximum Gasteiger partial charge on any atom is 0.150 e. The summed E-state index contributed by atoms with van der Waals surface area (Å²) in [4.78, 5) is 0. The van der Waals surface area contributed by atoms with E-state index in [2.05, 4.69) is 11.4 Å². The van der Waals surface area contributed by atoms with Crippen molar-refractivity contribution in [3.63, 3.8) is 0 Å². The van der Waals surface area contributed by atoms with Gasteiger partial charge in [0.15, 0.2) is 6.10 Å². The molecule has 0 aromatic heterocycles. The molecular formula is C26H27Cl3N2O2. The van der Waals surface area contributed by atoms with Crippen LogP contribution in [-0.2, 0) is 0 Å². The van der Waals surface area contributed by atoms with Crippen molar-refractivity contribution in [1.82, 2.24) is 5.32 Å². The summed E-state index contributed by atoms with van der Waals surface area (Å²) in [5, 5.41) is 15.6. The summed E-state index contributed by atoms with van der Waals surface area (Å²) in [6.07, 6.45) is 1.68. The van der Waals surface area contributed by atoms with Gasteiger partial charge in [-0.1, -0.05) is 65.5 Å². The fourth-order valence-electron chi connectivity index (χ4n) is 4.32. The fraction of sp³-hybridized carbons (Fsp3) is 0.308. The van der Waals surface area contributed by atoms with E-state index in [1.165, 1.54) is 0 Å². The van der Waals surface area contributed by atoms with Gasteiger partial charge in [-0.3, -0.25) is 0 Å². The van der Waals surface area contributed by atoms with Gasteiger partial charge in [-0.15, -0.1) is 0 Å². The molecule has 7 heteroatoms. The van der Waals surface area contributed by atoms with Gasteiger partial charge in [0.05, 0.1) is 0 Å². The first-order chi connectivity index (χ1) is 15.8. The van der Waals surface area contributed by atoms with Gasteiger partial charge in [0.1, 0.15) is 12.0 Å². The summed E-state index contributed by atoms with van der Waals surface area (Å²) in [6, 6.07) is 16.9. The van der Waals surface area contributed by atoms with Crippen molar-refractivity contribution in [3.8, 4) is 5.75 Å². The lowest BCUT2D eigenvalue weighted by Gasteiger charge is -2.29. The van der Waals surface area contributed by atoms with Crippen LogP contribution in [0, 0.1) is 6.92 Å². The van der Waals surface area contributed by atoms with Gasteiger partial charge in [-0.2, -0.15) is 0 Å². The SMILES string of the molecule is Cc1cc(C2CCCCN2)c(C(N)O)cc1OC(c1ccc(Cl)cc1)c1ccc(Cl)cc1Cl. The number of nitrogens with two attached hydrogens (primary N) is 1. The summed E-state index contributed by atoms with van der Waals surface area (Å²) in [5.41, 5.74) is 10.3. The van der Waals surface area contributed by atoms with Crippen LogP contribution in [0.25, 0.3) is 0 Å². The smallest absolute Gasteiger partial charge is 0.150 e. The Balaban J connectivity index is 1.76. The van der Waals surface area contributed by atoms with Gasteiger partial charge >= 0.3 is 0 Å². The topological polar surface area (TPSA) is 67.5 Å². The number of nitrogens with one attached hydrogen (secondary N) is 1. The van der Waals surface area contributed by atoms with E-state index in [0.29, 0.717) is 26.4 Å². The molecule has 4 rings (SSSR count). The van der Waals surface area contributed by atoms with E-state index in [9.17, 15) is 5.11 Å². The number of piperidine rings is 1. The summed E-state index contributed by atoms with van der Waals surface area (Å²) < 4.78 is 6.55. The van der Waals surface area contributed by atoms with Crippen molar-refractivity contribution >= 4 is 34.8 Å². The molecule has 0 aliphatic carbocycles. The first-order valence-electron chi connectivity index (χ1n) is 11.0. The summed E-state index contributed by atoms with van der Waals surface area (Å²) >= 11 is 18.8. The highest BCUT2D eigenvalue weighted by atomic mass is 35.5. The van der Waals surface area contributed by atoms with Gasteiger partial charge in [-0.05, 0) is 73.3 Å². The van der Waals surface area contributed by atoms with Crippen molar-refractivity contribution in [1.29, 1.82) is 0 Å². The number of aliphatic hydroxyl groups excluding tert-OH is 1. The van der Waals surface area contributed by atoms with Crippen LogP contribution < -0.4 is 15.8 Å². The number of ether oxygens (including phenoxy) is 1. The highest BCUT2D eigenvalue weighted by Crippen LogP contribution is 2.38. The summed E-state index contributed by atoms with van der Waals surface area (Å²) in [5.74, 6) is 0.625. The molecule has 4 N–H and O–H groups in total. The molecule has 4 nitrogen and oxygen atoms in total. The molecule has 1 heterocycles. The molecule has 1 aliphatic heterocycles. The standard InChI is InChI=1S/C26H27Cl3N2O2/c1-15-12-20(23-4-2-3-11-31-23)21(26(30)32)14-24(15)33-25(16-5-7-17(27)8-6-16)19-10-9-18(28)13-22(19)29/h5-10,12-14,23,25-26,31-32H,2-4,11,30H2,1H3. The molecule has 174 valence electrons. The van der Waals surface area contributed by atoms with Crippen LogP contribution in [0.4, 0.5) is 0 Å². The van der Waals surface area contributed by atoms with E-state index in [1.807, 2.05) is 43.3 Å². The third-order valence-electron chi connectivity index (χ3n) is 6.05. The second-order valence-electron chi connectivity index (χ2n) is 8.41. The molecule has 0 spiro atoms. The Morgan fingerprint density at radius 1 is 0.970 bits per heavy atom. The molecular weight excluding hydrogens is 479 g/mol. The zero-order valence-corrected chi connectivity index (χ0v) is 20.6. The Morgan fingerprint density at radius 3 is 2.33 bits per heavy atom. The van der Waals surface area contributed by atoms with E-state index in [1.54, 1.807) is 12.1 Å². The van der Waals surface area contributed by atoms with E-state index in [-0.39, 0.29) is 6.04 Å². The number of aliphatic hydroxyl groups is 1. The number of hydrogen-bond acceptors (Lipinski definition) is 4. The van der Waals surface area contributed by atoms with Crippen LogP contribution >= 0.6 is 34.8 Å². The van der Waals surface area contributed by atoms with E-state index in [0.717, 1.165) is 48.1 Å². The highest BCUT2D eigenvalue weighted by Gasteiger charge is 2.25. The van der Waals surface area contributed by atoms with Crippen molar-refractivity contribution in [2.24, 2.45) is 5.73 Å². The average molecular weight is 506 g/mol. The minimum absolute atomic E-state index is 0.164. The van der Waals surface area contributed by atoms with Crippen molar-refractivity contribution in [2.45, 2.75) is 44.6 Å². The van der Waals surface area contributed by atoms with Gasteiger partial charge in [0, 0.05) is 32.2 Å². The second kappa shape index (κ2) is 10.6. The molecule has 0 amide bonds. The molecule has 1 aliphatic rings. The van der Waals surface area contributed by atoms with E-state index < -0.39 is 12.3 Å². The van der Waals surface area contributed by atoms with Crippen molar-refractivity contribution < 1.29 is 9.84 Å². The van der Waals surface area contributed by atoms with Gasteiger partial charge in [0.25, 0.3) is 0 Å². The predicted octanol–water partition coefficient (Wildman–Crippen LogP) is 6.89. The molecule has 3 atom stereocenters. The molecule has 0 saturated carbocycles. The Morgan fingerprint density at radius 2 is 1.70 bits per heavy atom. The number of benzene rings is 3. The lowest BCUT2D eigenvalue weighted by atomic mass is 9.91. The lowest BCUT2D eigenvalue weighted by molar-refractivity contribution is 0.182. The monoisotopic (exact) mass is 504 g/mol. The zero-order valence-electron chi connectivity index (χ0n) is 18.3. The van der Waals surface area contributed by atoms with Crippen LogP contribution in [0.2, 0.25) is 15.1 Å². The van der Waals surface area contributed by atoms with Crippen LogP contribution in [0.15, 0.2) is 54.6 Å². The minimum atomic E-state index is -1.11. The average Bonchev–Trinajstić information content (AvgIpc) is 2.80. The van der Waals surface area contributed by atoms with Crippen molar-refractivity contribution in [3.05, 3.63) is 97.5 Å². The first-order valence-corrected chi connectivity index (χ1v) is 12.2. The highest BCUT2D eigenvalue weighted by molar-refractivity contribution is 6.35. The molecule has 3 aromatic rings. The molecule has 3 aromatic carbocycles. The number of hydrogen-bond donors (Lipinski definition) is 3. The number of halogens is 3. The molecule has 1 saturated heterocycles. The van der Waals surface area contributed by atoms with Crippen LogP contribution in [0.5, 0.6) is 5.75 Å². The normalized spacial score (nSPS) is 18.1. The number of aryl methyl sites for hydroxylation is 1. The van der Waals surface area contributed by atoms with Gasteiger partial charge in [-0.25, -0.2) is 0 Å². The maximum absolute atomic E-state index is 10.4. The van der Waals surface area contributed by atoms with Crippen molar-refractivity contribution in [2.75, 3.05) is 6.54 Å². The summed E-state index contributed by atoms with van der Waals surface area (Å²) in [6.45, 7) is 2.95. The fourth-order valence-corrected chi connectivity index (χ4v) is 4.95. The van der Waals surface area contributed by atoms with E-state index >= 15 is 0 Å². The Bertz CT molecular complexity index is 1110. The van der Waals surface area contributed by atoms with Gasteiger partial charge < -0.3 is 20.9 Å². The van der Waals surface area contributed by atoms with Gasteiger partial charge in [0.2, 0.25) is 0 Å². The first kappa shape index (κ1) is 24.3. The lowest BCUT2D eigenvalue weighted by Crippen LogP contribution is -2.29. The molecule has 0 bridgehead atoms. The Kier molecular flexibility index (Phi) is 7.85. The maximum atomic E-state index is 10.4. The molecule has 33 heavy (non-hydrogen) atoms. The van der Waals surface area contributed by atoms with Crippen LogP contribution in [0.3, 0.4) is 0 Å². The largest absolute Gasteiger partial charge is 0.481 e. The second-order valence-corrected chi connectivity index (χ2v) is 9.69. The third kappa shape index (κ3) is 5.65. The Labute approximate surface area is 209 Å². The predicted molar refractivity (Wildman–Crippen MR) is 135 cm³/mol. The van der Waals surface area contributed by atoms with Crippen LogP contribution in [-0.4, -0.2) is 11.7 Å². The molecule has 0 radical (unpaired) electrons. The van der Waals surface area contributed by atoms with E-state index in [4.69, 9.17) is 45.3 Å². The number of rotatable bonds is 6. The summed E-state index contributed by atoms with van der Waals surface area (Å²) in [7, 11) is 0. The molecule has 1 fully saturated rings. The quantitative estimate of drug-likeness (QED) is 0.319. The minimum Gasteiger partial charge on any atom is -0.481 e. The Hall–Kier alpha value is -1.79.